The van der Waals surface area contributed by atoms with Crippen molar-refractivity contribution < 1.29 is 9.15 Å². The average Bonchev–Trinajstić information content (AvgIpc) is 2.98. The molecular weight excluding hydrogens is 228 g/mol. The molecule has 1 atom stereocenters. The number of hydrogen-bond acceptors (Lipinski definition) is 4. The number of rotatable bonds is 7. The van der Waals surface area contributed by atoms with Gasteiger partial charge in [-0.2, -0.15) is 0 Å². The summed E-state index contributed by atoms with van der Waals surface area (Å²) in [6.07, 6.45) is 1.23. The van der Waals surface area contributed by atoms with Gasteiger partial charge >= 0.3 is 0 Å². The van der Waals surface area contributed by atoms with E-state index >= 15 is 0 Å². The molecule has 0 bridgehead atoms. The largest absolute Gasteiger partial charge is 0.463 e. The van der Waals surface area contributed by atoms with Gasteiger partial charge in [-0.05, 0) is 37.6 Å². The predicted octanol–water partition coefficient (Wildman–Crippen LogP) is 1.86. The minimum Gasteiger partial charge on any atom is -0.463 e. The number of nitrogens with one attached hydrogen (secondary N) is 1. The molecule has 0 radical (unpaired) electrons. The number of likely N-dealkylation sites (tertiary alicyclic amines) is 1. The fraction of sp³-hybridized carbons (Fsp3) is 0.714. The van der Waals surface area contributed by atoms with Gasteiger partial charge in [-0.25, -0.2) is 0 Å². The normalized spacial score (nSPS) is 20.7. The second-order valence-corrected chi connectivity index (χ2v) is 4.99. The Hall–Kier alpha value is -0.840. The lowest BCUT2D eigenvalue weighted by Crippen LogP contribution is -2.21. The first-order valence-corrected chi connectivity index (χ1v) is 6.81. The number of hydrogen-bond donors (Lipinski definition) is 1. The van der Waals surface area contributed by atoms with Crippen molar-refractivity contribution in [3.63, 3.8) is 0 Å². The minimum atomic E-state index is 0.686. The Labute approximate surface area is 109 Å². The molecule has 2 rings (SSSR count). The second-order valence-electron chi connectivity index (χ2n) is 4.99. The summed E-state index contributed by atoms with van der Waals surface area (Å²) in [5.74, 6) is 2.78. The number of ether oxygens (including phenoxy) is 1. The van der Waals surface area contributed by atoms with Crippen molar-refractivity contribution in [1.82, 2.24) is 10.2 Å². The lowest BCUT2D eigenvalue weighted by Gasteiger charge is -2.14. The molecule has 0 aromatic carbocycles. The molecule has 4 nitrogen and oxygen atoms in total. The molecule has 102 valence electrons. The lowest BCUT2D eigenvalue weighted by molar-refractivity contribution is 0.151. The standard InChI is InChI=1S/C14H24N2O2/c1-3-15-8-13-4-5-14(18-13)10-16-7-6-12(9-16)11-17-2/h4-5,12,15H,3,6-11H2,1-2H3. The van der Waals surface area contributed by atoms with Gasteiger partial charge in [0.1, 0.15) is 11.5 Å². The van der Waals surface area contributed by atoms with E-state index in [2.05, 4.69) is 29.3 Å². The SMILES string of the molecule is CCNCc1ccc(CN2CCC(COC)C2)o1. The van der Waals surface area contributed by atoms with Crippen LogP contribution in [0.15, 0.2) is 16.5 Å². The first kappa shape index (κ1) is 13.6. The molecule has 0 aliphatic carbocycles. The number of furan rings is 1. The highest BCUT2D eigenvalue weighted by Crippen LogP contribution is 2.19. The minimum absolute atomic E-state index is 0.686. The van der Waals surface area contributed by atoms with Gasteiger partial charge < -0.3 is 14.5 Å². The van der Waals surface area contributed by atoms with Gasteiger partial charge in [0.15, 0.2) is 0 Å². The maximum Gasteiger partial charge on any atom is 0.118 e. The second kappa shape index (κ2) is 6.92. The van der Waals surface area contributed by atoms with Gasteiger partial charge in [0, 0.05) is 13.7 Å². The highest BCUT2D eigenvalue weighted by molar-refractivity contribution is 5.07. The Morgan fingerprint density at radius 3 is 3.06 bits per heavy atom. The molecule has 1 aliphatic rings. The zero-order chi connectivity index (χ0) is 12.8. The van der Waals surface area contributed by atoms with Gasteiger partial charge in [-0.15, -0.1) is 0 Å². The summed E-state index contributed by atoms with van der Waals surface area (Å²) >= 11 is 0. The van der Waals surface area contributed by atoms with E-state index in [9.17, 15) is 0 Å². The van der Waals surface area contributed by atoms with E-state index in [0.717, 1.165) is 50.9 Å². The van der Waals surface area contributed by atoms with Gasteiger partial charge in [0.05, 0.1) is 19.7 Å². The summed E-state index contributed by atoms with van der Waals surface area (Å²) in [5.41, 5.74) is 0. The molecular formula is C14H24N2O2. The molecule has 0 saturated carbocycles. The Morgan fingerprint density at radius 2 is 2.28 bits per heavy atom. The highest BCUT2D eigenvalue weighted by atomic mass is 16.5. The van der Waals surface area contributed by atoms with Crippen LogP contribution in [0.2, 0.25) is 0 Å². The van der Waals surface area contributed by atoms with Crippen LogP contribution >= 0.6 is 0 Å². The van der Waals surface area contributed by atoms with Crippen LogP contribution in [0.3, 0.4) is 0 Å². The summed E-state index contributed by atoms with van der Waals surface area (Å²) in [5, 5.41) is 3.27. The van der Waals surface area contributed by atoms with Gasteiger partial charge in [-0.1, -0.05) is 6.92 Å². The lowest BCUT2D eigenvalue weighted by atomic mass is 10.1. The van der Waals surface area contributed by atoms with Gasteiger partial charge in [0.2, 0.25) is 0 Å². The first-order valence-electron chi connectivity index (χ1n) is 6.81. The zero-order valence-electron chi connectivity index (χ0n) is 11.4. The third-order valence-electron chi connectivity index (χ3n) is 3.42. The summed E-state index contributed by atoms with van der Waals surface area (Å²) < 4.78 is 11.0. The van der Waals surface area contributed by atoms with E-state index in [-0.39, 0.29) is 0 Å². The molecule has 1 N–H and O–H groups in total. The summed E-state index contributed by atoms with van der Waals surface area (Å²) in [6.45, 7) is 7.97. The van der Waals surface area contributed by atoms with Crippen LogP contribution in [0.5, 0.6) is 0 Å². The Morgan fingerprint density at radius 1 is 1.44 bits per heavy atom. The van der Waals surface area contributed by atoms with Gasteiger partial charge in [0.25, 0.3) is 0 Å². The van der Waals surface area contributed by atoms with E-state index < -0.39 is 0 Å². The number of nitrogens with zero attached hydrogens (tertiary/aromatic N) is 1. The molecule has 2 heterocycles. The van der Waals surface area contributed by atoms with Gasteiger partial charge in [-0.3, -0.25) is 4.90 Å². The third-order valence-corrected chi connectivity index (χ3v) is 3.42. The monoisotopic (exact) mass is 252 g/mol. The highest BCUT2D eigenvalue weighted by Gasteiger charge is 2.22. The molecule has 1 unspecified atom stereocenters. The third kappa shape index (κ3) is 3.83. The fourth-order valence-electron chi connectivity index (χ4n) is 2.50. The molecule has 1 aromatic rings. The smallest absolute Gasteiger partial charge is 0.118 e. The van der Waals surface area contributed by atoms with Crippen molar-refractivity contribution in [2.24, 2.45) is 5.92 Å². The maximum atomic E-state index is 5.81. The van der Waals surface area contributed by atoms with Crippen molar-refractivity contribution in [1.29, 1.82) is 0 Å². The zero-order valence-corrected chi connectivity index (χ0v) is 11.4. The van der Waals surface area contributed by atoms with Crippen molar-refractivity contribution in [3.05, 3.63) is 23.7 Å². The molecule has 1 fully saturated rings. The van der Waals surface area contributed by atoms with Crippen molar-refractivity contribution in [2.75, 3.05) is 33.4 Å². The molecule has 1 saturated heterocycles. The Balaban J connectivity index is 1.77. The molecule has 0 spiro atoms. The Bertz CT molecular complexity index is 351. The van der Waals surface area contributed by atoms with Crippen LogP contribution in [0, 0.1) is 5.92 Å². The van der Waals surface area contributed by atoms with E-state index in [4.69, 9.17) is 9.15 Å². The predicted molar refractivity (Wildman–Crippen MR) is 71.3 cm³/mol. The summed E-state index contributed by atoms with van der Waals surface area (Å²) in [7, 11) is 1.78. The first-order chi connectivity index (χ1) is 8.81. The molecule has 1 aromatic heterocycles. The van der Waals surface area contributed by atoms with E-state index in [1.165, 1.54) is 6.42 Å². The van der Waals surface area contributed by atoms with Crippen LogP contribution in [0.25, 0.3) is 0 Å². The van der Waals surface area contributed by atoms with Crippen molar-refractivity contribution in [3.8, 4) is 0 Å². The van der Waals surface area contributed by atoms with Crippen molar-refractivity contribution in [2.45, 2.75) is 26.4 Å². The van der Waals surface area contributed by atoms with Crippen LogP contribution in [-0.2, 0) is 17.8 Å². The van der Waals surface area contributed by atoms with E-state index in [1.807, 2.05) is 0 Å². The van der Waals surface area contributed by atoms with Crippen LogP contribution in [-0.4, -0.2) is 38.3 Å². The van der Waals surface area contributed by atoms with Crippen LogP contribution in [0.4, 0.5) is 0 Å². The molecule has 0 amide bonds. The van der Waals surface area contributed by atoms with Crippen LogP contribution < -0.4 is 5.32 Å². The van der Waals surface area contributed by atoms with Crippen molar-refractivity contribution >= 4 is 0 Å². The quantitative estimate of drug-likeness (QED) is 0.804. The van der Waals surface area contributed by atoms with E-state index in [0.29, 0.717) is 5.92 Å². The molecule has 4 heteroatoms. The fourth-order valence-corrected chi connectivity index (χ4v) is 2.50. The Kier molecular flexibility index (Phi) is 5.23. The number of methoxy groups -OCH3 is 1. The molecule has 18 heavy (non-hydrogen) atoms. The topological polar surface area (TPSA) is 37.6 Å². The molecule has 1 aliphatic heterocycles. The summed E-state index contributed by atoms with van der Waals surface area (Å²) in [4.78, 5) is 2.44. The van der Waals surface area contributed by atoms with E-state index in [1.54, 1.807) is 7.11 Å². The average molecular weight is 252 g/mol. The summed E-state index contributed by atoms with van der Waals surface area (Å²) in [6, 6.07) is 4.16. The van der Waals surface area contributed by atoms with Crippen LogP contribution in [0.1, 0.15) is 24.9 Å². The maximum absolute atomic E-state index is 5.81.